The minimum Gasteiger partial charge on any atom is -0.511 e. The smallest absolute Gasteiger partial charge is 0.255 e. The van der Waals surface area contributed by atoms with Crippen molar-refractivity contribution in [2.45, 2.75) is 25.3 Å². The molecule has 0 radical (unpaired) electrons. The summed E-state index contributed by atoms with van der Waals surface area (Å²) in [6.07, 6.45) is -4.20. The number of aromatic hydroxyl groups is 1. The van der Waals surface area contributed by atoms with Crippen molar-refractivity contribution in [3.8, 4) is 5.75 Å². The average molecular weight is 392 g/mol. The van der Waals surface area contributed by atoms with Crippen LogP contribution in [0.2, 0.25) is 0 Å². The maximum absolute atomic E-state index is 13.7. The highest BCUT2D eigenvalue weighted by Crippen LogP contribution is 2.55. The molecule has 8 nitrogen and oxygen atoms in total. The maximum Gasteiger partial charge on any atom is 0.255 e. The molecule has 8 heteroatoms. The van der Waals surface area contributed by atoms with Gasteiger partial charge in [-0.05, 0) is 30.9 Å². The average Bonchev–Trinajstić information content (AvgIpc) is 2.74. The number of ketones is 2. The van der Waals surface area contributed by atoms with Crippen LogP contribution >= 0.6 is 0 Å². The lowest BCUT2D eigenvalue weighted by Gasteiger charge is -2.46. The quantitative estimate of drug-likeness (QED) is 0.352. The molecule has 1 fully saturated rings. The predicted octanol–water partition coefficient (Wildman–Crippen LogP) is 0.974. The molecule has 1 aromatic rings. The molecule has 4 rings (SSSR count). The largest absolute Gasteiger partial charge is 0.511 e. The van der Waals surface area contributed by atoms with Crippen molar-refractivity contribution in [2.24, 2.45) is 23.4 Å². The van der Waals surface area contributed by atoms with Gasteiger partial charge in [0.2, 0.25) is 0 Å². The number of phenols is 1. The summed E-state index contributed by atoms with van der Waals surface area (Å²) >= 11 is 0. The van der Waals surface area contributed by atoms with Crippen molar-refractivity contribution < 1.29 is 44.4 Å². The first kappa shape index (κ1) is 11.7. The van der Waals surface area contributed by atoms with Crippen LogP contribution in [0, 0.1) is 17.7 Å². The molecule has 0 saturated heterocycles. The minimum absolute atomic E-state index is 0.696. The van der Waals surface area contributed by atoms with Crippen molar-refractivity contribution in [1.29, 1.82) is 0 Å². The highest BCUT2D eigenvalue weighted by Gasteiger charge is 2.56. The number of benzene rings is 1. The Morgan fingerprint density at radius 3 is 2.64 bits per heavy atom. The number of primary amides is 1. The summed E-state index contributed by atoms with van der Waals surface area (Å²) in [6.45, 7) is 0.904. The summed E-state index contributed by atoms with van der Waals surface area (Å²) < 4.78 is 58.1. The van der Waals surface area contributed by atoms with E-state index in [0.29, 0.717) is 0 Å². The van der Waals surface area contributed by atoms with E-state index in [2.05, 4.69) is 0 Å². The van der Waals surface area contributed by atoms with Crippen molar-refractivity contribution in [1.82, 2.24) is 0 Å². The van der Waals surface area contributed by atoms with Crippen LogP contribution in [0.15, 0.2) is 35.0 Å². The second-order valence-corrected chi connectivity index (χ2v) is 6.81. The van der Waals surface area contributed by atoms with E-state index in [0.717, 1.165) is 6.92 Å². The zero-order valence-corrected chi connectivity index (χ0v) is 14.4. The van der Waals surface area contributed by atoms with Crippen LogP contribution in [0.4, 0.5) is 0 Å². The first-order chi connectivity index (χ1) is 15.8. The Kier molecular flexibility index (Phi) is 2.37. The number of aliphatic hydroxyl groups is 3. The van der Waals surface area contributed by atoms with E-state index in [4.69, 9.17) is 15.3 Å². The summed E-state index contributed by atoms with van der Waals surface area (Å²) in [7, 11) is 0. The second-order valence-electron chi connectivity index (χ2n) is 6.81. The van der Waals surface area contributed by atoms with E-state index < -0.39 is 111 Å². The summed E-state index contributed by atoms with van der Waals surface area (Å²) in [6, 6.07) is -2.67. The number of Topliss-reactive ketones (excluding diaryl/α,β-unsaturated/α-hetero) is 2. The van der Waals surface area contributed by atoms with E-state index in [1.165, 1.54) is 0 Å². The molecule has 0 aromatic heterocycles. The molecule has 28 heavy (non-hydrogen) atoms. The number of phenolic OH excluding ortho intramolecular Hbond substituents is 1. The van der Waals surface area contributed by atoms with Gasteiger partial charge in [0, 0.05) is 23.3 Å². The topological polar surface area (TPSA) is 158 Å². The van der Waals surface area contributed by atoms with Crippen molar-refractivity contribution >= 4 is 23.2 Å². The second kappa shape index (κ2) is 5.68. The lowest BCUT2D eigenvalue weighted by Crippen LogP contribution is -2.51. The Balaban J connectivity index is 2.15. The first-order valence-corrected chi connectivity index (χ1v) is 8.13. The van der Waals surface area contributed by atoms with Crippen LogP contribution in [-0.4, -0.2) is 37.9 Å². The molecule has 6 N–H and O–H groups in total. The van der Waals surface area contributed by atoms with Crippen molar-refractivity contribution in [3.63, 3.8) is 0 Å². The predicted molar refractivity (Wildman–Crippen MR) is 95.8 cm³/mol. The van der Waals surface area contributed by atoms with Crippen LogP contribution < -0.4 is 5.73 Å². The number of aliphatic hydroxyl groups excluding tert-OH is 2. The lowest BCUT2D eigenvalue weighted by molar-refractivity contribution is -0.137. The maximum atomic E-state index is 13.7. The van der Waals surface area contributed by atoms with Gasteiger partial charge in [0.15, 0.2) is 11.6 Å². The fourth-order valence-electron chi connectivity index (χ4n) is 3.89. The fraction of sp³-hybridized carbons (Fsp3) is 0.350. The van der Waals surface area contributed by atoms with E-state index in [1.807, 2.05) is 0 Å². The van der Waals surface area contributed by atoms with Gasteiger partial charge in [-0.25, -0.2) is 0 Å². The van der Waals surface area contributed by atoms with Gasteiger partial charge in [-0.2, -0.15) is 0 Å². The molecule has 3 aliphatic carbocycles. The number of nitrogens with two attached hydrogens (primary N) is 1. The summed E-state index contributed by atoms with van der Waals surface area (Å²) in [4.78, 5) is 38.6. The van der Waals surface area contributed by atoms with Gasteiger partial charge >= 0.3 is 0 Å². The number of hydrogen-bond acceptors (Lipinski definition) is 7. The molecule has 3 unspecified atom stereocenters. The lowest BCUT2D eigenvalue weighted by atomic mass is 9.57. The number of hydrogen-bond donors (Lipinski definition) is 5. The highest BCUT2D eigenvalue weighted by atomic mass is 16.3. The Labute approximate surface area is 169 Å². The molecule has 0 spiro atoms. The summed E-state index contributed by atoms with van der Waals surface area (Å²) in [5.74, 6) is -16.9. The van der Waals surface area contributed by atoms with Crippen LogP contribution in [0.1, 0.15) is 40.4 Å². The van der Waals surface area contributed by atoms with Gasteiger partial charge in [0.05, 0.1) is 21.2 Å². The monoisotopic (exact) mass is 392 g/mol. The molecule has 1 amide bonds. The number of carbonyl (C=O) groups is 3. The molecule has 4 atom stereocenters. The van der Waals surface area contributed by atoms with Crippen LogP contribution in [0.3, 0.4) is 0 Å². The molecular formula is C20H19NO7. The normalized spacial score (nSPS) is 42.6. The third-order valence-electron chi connectivity index (χ3n) is 5.20. The van der Waals surface area contributed by atoms with Gasteiger partial charge in [0.25, 0.3) is 5.91 Å². The van der Waals surface area contributed by atoms with E-state index in [-0.39, 0.29) is 0 Å². The number of amides is 1. The standard InChI is InChI=1S/C20H19NO7/c1-20(28)8-3-2-4-10(22)13(8)18(26)14-9(20)5-7-6-11(23)15(19(21)27)17(25)12(7)16(14)24/h2-4,7,9,12,22-23,26,28H,5-6H2,1H3,(H2,21,27)/t7?,9?,12?,20-/m1/s1/i2D,3D,4D,6D2,9D,12D. The molecule has 0 bridgehead atoms. The zero-order valence-electron chi connectivity index (χ0n) is 21.4. The molecule has 0 heterocycles. The van der Waals surface area contributed by atoms with Crippen molar-refractivity contribution in [3.05, 3.63) is 46.2 Å². The highest BCUT2D eigenvalue weighted by molar-refractivity contribution is 6.28. The molecule has 1 saturated carbocycles. The molecule has 3 aliphatic rings. The van der Waals surface area contributed by atoms with Gasteiger partial charge in [-0.15, -0.1) is 0 Å². The van der Waals surface area contributed by atoms with Crippen LogP contribution in [0.25, 0.3) is 5.76 Å². The summed E-state index contributed by atoms with van der Waals surface area (Å²) in [5, 5.41) is 43.3. The van der Waals surface area contributed by atoms with E-state index >= 15 is 0 Å². The number of fused-ring (bicyclic) bond motifs is 3. The van der Waals surface area contributed by atoms with Crippen molar-refractivity contribution in [2.75, 3.05) is 0 Å². The molecular weight excluding hydrogens is 366 g/mol. The SMILES string of the molecule is [2H]c1c([2H])c(O)c2c(c1[2H])[C@@](C)(O)C1([2H])CC3C([2H])([2H])C(O)=C(C(N)=O)C(=O)C3([2H])C(=O)C1=C2O. The van der Waals surface area contributed by atoms with Crippen LogP contribution in [-0.2, 0) is 20.0 Å². The van der Waals surface area contributed by atoms with Crippen LogP contribution in [0.5, 0.6) is 5.75 Å². The molecule has 0 aliphatic heterocycles. The molecule has 146 valence electrons. The fourth-order valence-corrected chi connectivity index (χ4v) is 3.89. The third-order valence-corrected chi connectivity index (χ3v) is 5.20. The Hall–Kier alpha value is -3.13. The minimum atomic E-state index is -3.21. The van der Waals surface area contributed by atoms with Gasteiger partial charge in [-0.1, -0.05) is 12.1 Å². The summed E-state index contributed by atoms with van der Waals surface area (Å²) in [5.41, 5.74) is -1.57. The van der Waals surface area contributed by atoms with Gasteiger partial charge in [0.1, 0.15) is 22.8 Å². The zero-order chi connectivity index (χ0) is 26.8. The Morgan fingerprint density at radius 2 is 2.00 bits per heavy atom. The first-order valence-electron chi connectivity index (χ1n) is 11.6. The van der Waals surface area contributed by atoms with Gasteiger partial charge in [-0.3, -0.25) is 14.4 Å². The van der Waals surface area contributed by atoms with E-state index in [9.17, 15) is 34.8 Å². The number of carbonyl (C=O) groups excluding carboxylic acids is 3. The third kappa shape index (κ3) is 2.18. The van der Waals surface area contributed by atoms with Gasteiger partial charge < -0.3 is 26.2 Å². The number of allylic oxidation sites excluding steroid dienone is 1. The number of rotatable bonds is 1. The molecule has 1 aromatic carbocycles. The van der Waals surface area contributed by atoms with E-state index in [1.54, 1.807) is 0 Å². The Bertz CT molecular complexity index is 1350. The Morgan fingerprint density at radius 1 is 1.32 bits per heavy atom.